The summed E-state index contributed by atoms with van der Waals surface area (Å²) in [6.07, 6.45) is 1.09. The Morgan fingerprint density at radius 1 is 1.12 bits per heavy atom. The molecule has 0 bridgehead atoms. The molecule has 0 aromatic heterocycles. The van der Waals surface area contributed by atoms with Crippen LogP contribution in [0.2, 0.25) is 0 Å². The lowest BCUT2D eigenvalue weighted by molar-refractivity contribution is -0.120. The van der Waals surface area contributed by atoms with Gasteiger partial charge in [-0.25, -0.2) is 4.39 Å². The highest BCUT2D eigenvalue weighted by Gasteiger charge is 2.12. The summed E-state index contributed by atoms with van der Waals surface area (Å²) in [6.45, 7) is 1.71. The summed E-state index contributed by atoms with van der Waals surface area (Å²) in [5.74, 6) is 2.72. The molecule has 1 aliphatic heterocycles. The van der Waals surface area contributed by atoms with E-state index in [0.717, 1.165) is 22.8 Å². The molecule has 0 spiro atoms. The first-order chi connectivity index (χ1) is 12.7. The highest BCUT2D eigenvalue weighted by Crippen LogP contribution is 2.31. The molecule has 1 amide bonds. The van der Waals surface area contributed by atoms with Crippen LogP contribution in [-0.2, 0) is 17.0 Å². The van der Waals surface area contributed by atoms with Gasteiger partial charge >= 0.3 is 0 Å². The minimum absolute atomic E-state index is 0.0198. The molecule has 2 aromatic rings. The van der Waals surface area contributed by atoms with Crippen LogP contribution in [0.3, 0.4) is 0 Å². The van der Waals surface area contributed by atoms with E-state index in [-0.39, 0.29) is 11.7 Å². The molecule has 0 radical (unpaired) electrons. The molecule has 0 atom stereocenters. The predicted molar refractivity (Wildman–Crippen MR) is 101 cm³/mol. The Labute approximate surface area is 157 Å². The van der Waals surface area contributed by atoms with E-state index >= 15 is 0 Å². The van der Waals surface area contributed by atoms with Gasteiger partial charge < -0.3 is 14.8 Å². The number of thioether (sulfide) groups is 1. The van der Waals surface area contributed by atoms with Crippen LogP contribution >= 0.6 is 11.8 Å². The Morgan fingerprint density at radius 2 is 1.92 bits per heavy atom. The van der Waals surface area contributed by atoms with Gasteiger partial charge in [-0.05, 0) is 35.7 Å². The van der Waals surface area contributed by atoms with Gasteiger partial charge in [-0.3, -0.25) is 4.79 Å². The topological polar surface area (TPSA) is 47.6 Å². The molecule has 0 saturated heterocycles. The number of fused-ring (bicyclic) bond motifs is 1. The first-order valence-corrected chi connectivity index (χ1v) is 9.84. The largest absolute Gasteiger partial charge is 0.486 e. The number of ether oxygens (including phenoxy) is 2. The van der Waals surface area contributed by atoms with E-state index in [9.17, 15) is 9.18 Å². The molecule has 26 heavy (non-hydrogen) atoms. The molecule has 3 rings (SSSR count). The molecule has 1 N–H and O–H groups in total. The summed E-state index contributed by atoms with van der Waals surface area (Å²) in [5.41, 5.74) is 1.75. The fourth-order valence-corrected chi connectivity index (χ4v) is 3.49. The van der Waals surface area contributed by atoms with E-state index < -0.39 is 0 Å². The molecule has 1 heterocycles. The molecule has 0 fully saturated rings. The minimum Gasteiger partial charge on any atom is -0.486 e. The Morgan fingerprint density at radius 3 is 2.77 bits per heavy atom. The van der Waals surface area contributed by atoms with Crippen LogP contribution < -0.4 is 14.8 Å². The molecule has 0 aliphatic carbocycles. The Hall–Kier alpha value is -2.21. The molecule has 6 heteroatoms. The van der Waals surface area contributed by atoms with Crippen molar-refractivity contribution in [1.29, 1.82) is 0 Å². The molecule has 4 nitrogen and oxygen atoms in total. The van der Waals surface area contributed by atoms with Gasteiger partial charge in [0.25, 0.3) is 0 Å². The number of aryl methyl sites for hydroxylation is 1. The number of carbonyl (C=O) groups is 1. The van der Waals surface area contributed by atoms with Crippen LogP contribution in [-0.4, -0.2) is 31.4 Å². The average molecular weight is 375 g/mol. The molecular formula is C20H22FNO3S. The van der Waals surface area contributed by atoms with Crippen molar-refractivity contribution in [2.45, 2.75) is 18.6 Å². The lowest BCUT2D eigenvalue weighted by Crippen LogP contribution is -2.26. The lowest BCUT2D eigenvalue weighted by atomic mass is 10.1. The number of hydrogen-bond acceptors (Lipinski definition) is 4. The van der Waals surface area contributed by atoms with Crippen molar-refractivity contribution in [1.82, 2.24) is 5.32 Å². The highest BCUT2D eigenvalue weighted by molar-refractivity contribution is 7.98. The van der Waals surface area contributed by atoms with E-state index in [0.29, 0.717) is 43.9 Å². The quantitative estimate of drug-likeness (QED) is 0.717. The monoisotopic (exact) mass is 375 g/mol. The zero-order valence-electron chi connectivity index (χ0n) is 14.5. The van der Waals surface area contributed by atoms with Gasteiger partial charge in [0.05, 0.1) is 0 Å². The smallest absolute Gasteiger partial charge is 0.220 e. The van der Waals surface area contributed by atoms with Crippen LogP contribution in [0.25, 0.3) is 0 Å². The number of nitrogens with one attached hydrogen (secondary N) is 1. The van der Waals surface area contributed by atoms with Crippen molar-refractivity contribution in [2.75, 3.05) is 25.5 Å². The third kappa shape index (κ3) is 5.39. The number of amides is 1. The van der Waals surface area contributed by atoms with E-state index in [1.807, 2.05) is 24.3 Å². The van der Waals surface area contributed by atoms with Crippen LogP contribution in [0.4, 0.5) is 4.39 Å². The molecule has 0 unspecified atom stereocenters. The second-order valence-electron chi connectivity index (χ2n) is 5.97. The summed E-state index contributed by atoms with van der Waals surface area (Å²) in [7, 11) is 0. The summed E-state index contributed by atoms with van der Waals surface area (Å²) in [5, 5.41) is 2.91. The van der Waals surface area contributed by atoms with Gasteiger partial charge in [0.15, 0.2) is 11.5 Å². The van der Waals surface area contributed by atoms with E-state index in [1.165, 1.54) is 6.07 Å². The standard InChI is InChI=1S/C20H22FNO3S/c21-17-4-2-1-3-16(17)14-26-12-9-22-20(23)8-6-15-5-7-18-19(13-15)25-11-10-24-18/h1-5,7,13H,6,8-12,14H2,(H,22,23). The number of benzene rings is 2. The maximum absolute atomic E-state index is 13.5. The average Bonchev–Trinajstić information content (AvgIpc) is 2.67. The number of halogens is 1. The lowest BCUT2D eigenvalue weighted by Gasteiger charge is -2.18. The van der Waals surface area contributed by atoms with Crippen molar-refractivity contribution >= 4 is 17.7 Å². The Bertz CT molecular complexity index is 754. The summed E-state index contributed by atoms with van der Waals surface area (Å²) in [4.78, 5) is 12.0. The van der Waals surface area contributed by atoms with Crippen molar-refractivity contribution in [2.24, 2.45) is 0 Å². The second kappa shape index (κ2) is 9.48. The van der Waals surface area contributed by atoms with Crippen molar-refractivity contribution in [3.63, 3.8) is 0 Å². The van der Waals surface area contributed by atoms with Crippen LogP contribution in [0.15, 0.2) is 42.5 Å². The predicted octanol–water partition coefficient (Wildman–Crippen LogP) is 3.58. The third-order valence-electron chi connectivity index (χ3n) is 4.03. The first kappa shape index (κ1) is 18.6. The number of hydrogen-bond donors (Lipinski definition) is 1. The zero-order valence-corrected chi connectivity index (χ0v) is 15.3. The first-order valence-electron chi connectivity index (χ1n) is 8.69. The zero-order chi connectivity index (χ0) is 18.2. The van der Waals surface area contributed by atoms with E-state index in [2.05, 4.69) is 5.32 Å². The van der Waals surface area contributed by atoms with Crippen molar-refractivity contribution in [3.05, 3.63) is 59.4 Å². The van der Waals surface area contributed by atoms with E-state index in [4.69, 9.17) is 9.47 Å². The Kier molecular flexibility index (Phi) is 6.77. The number of carbonyl (C=O) groups excluding carboxylic acids is 1. The molecule has 2 aromatic carbocycles. The maximum atomic E-state index is 13.5. The fraction of sp³-hybridized carbons (Fsp3) is 0.350. The van der Waals surface area contributed by atoms with Gasteiger partial charge in [-0.1, -0.05) is 24.3 Å². The van der Waals surface area contributed by atoms with Crippen LogP contribution in [0.1, 0.15) is 17.5 Å². The van der Waals surface area contributed by atoms with Gasteiger partial charge in [-0.15, -0.1) is 0 Å². The third-order valence-corrected chi connectivity index (χ3v) is 5.04. The van der Waals surface area contributed by atoms with Crippen molar-refractivity contribution < 1.29 is 18.7 Å². The van der Waals surface area contributed by atoms with Gasteiger partial charge in [-0.2, -0.15) is 11.8 Å². The number of rotatable bonds is 8. The fourth-order valence-electron chi connectivity index (χ4n) is 2.65. The molecule has 138 valence electrons. The van der Waals surface area contributed by atoms with Gasteiger partial charge in [0, 0.05) is 24.5 Å². The SMILES string of the molecule is O=C(CCc1ccc2c(c1)OCCO2)NCCSCc1ccccc1F. The minimum atomic E-state index is -0.177. The highest BCUT2D eigenvalue weighted by atomic mass is 32.2. The maximum Gasteiger partial charge on any atom is 0.220 e. The normalized spacial score (nSPS) is 12.7. The molecular weight excluding hydrogens is 353 g/mol. The summed E-state index contributed by atoms with van der Waals surface area (Å²) in [6, 6.07) is 12.6. The van der Waals surface area contributed by atoms with Gasteiger partial charge in [0.2, 0.25) is 5.91 Å². The van der Waals surface area contributed by atoms with Gasteiger partial charge in [0.1, 0.15) is 19.0 Å². The second-order valence-corrected chi connectivity index (χ2v) is 7.08. The van der Waals surface area contributed by atoms with E-state index in [1.54, 1.807) is 23.9 Å². The van der Waals surface area contributed by atoms with Crippen LogP contribution in [0.5, 0.6) is 11.5 Å². The summed E-state index contributed by atoms with van der Waals surface area (Å²) >= 11 is 1.61. The Balaban J connectivity index is 1.32. The summed E-state index contributed by atoms with van der Waals surface area (Å²) < 4.78 is 24.5. The van der Waals surface area contributed by atoms with Crippen LogP contribution in [0, 0.1) is 5.82 Å². The van der Waals surface area contributed by atoms with Crippen molar-refractivity contribution in [3.8, 4) is 11.5 Å². The molecule has 0 saturated carbocycles. The molecule has 1 aliphatic rings.